The van der Waals surface area contributed by atoms with Gasteiger partial charge in [-0.1, -0.05) is 6.07 Å². The first-order valence-corrected chi connectivity index (χ1v) is 17.7. The summed E-state index contributed by atoms with van der Waals surface area (Å²) in [7, 11) is 2.26. The molecule has 7 heteroatoms. The smallest absolute Gasteiger partial charge is 0.123 e. The van der Waals surface area contributed by atoms with Crippen LogP contribution in [0.1, 0.15) is 65.0 Å². The van der Waals surface area contributed by atoms with Crippen LogP contribution in [0.4, 0.5) is 4.39 Å². The molecule has 0 amide bonds. The van der Waals surface area contributed by atoms with Gasteiger partial charge in [0.05, 0.1) is 0 Å². The van der Waals surface area contributed by atoms with E-state index in [4.69, 9.17) is 0 Å². The molecule has 4 aromatic heterocycles. The molecule has 0 N–H and O–H groups in total. The number of hydrogen-bond acceptors (Lipinski definition) is 4. The summed E-state index contributed by atoms with van der Waals surface area (Å²) in [4.78, 5) is 13.5. The average Bonchev–Trinajstić information content (AvgIpc) is 3.32. The van der Waals surface area contributed by atoms with Crippen molar-refractivity contribution in [2.75, 3.05) is 20.1 Å². The van der Waals surface area contributed by atoms with Gasteiger partial charge in [-0.15, -0.1) is 0 Å². The van der Waals surface area contributed by atoms with Gasteiger partial charge in [-0.05, 0) is 148 Å². The number of aryl methyl sites for hydroxylation is 4. The minimum Gasteiger partial charge on any atom is -0.344 e. The van der Waals surface area contributed by atoms with E-state index in [1.54, 1.807) is 12.1 Å². The molecule has 6 heterocycles. The molecule has 246 valence electrons. The summed E-state index contributed by atoms with van der Waals surface area (Å²) in [5, 5.41) is 2.47. The Morgan fingerprint density at radius 2 is 1.25 bits per heavy atom. The van der Waals surface area contributed by atoms with Crippen LogP contribution in [0.2, 0.25) is 0 Å². The number of aromatic nitrogens is 4. The van der Waals surface area contributed by atoms with Gasteiger partial charge < -0.3 is 14.0 Å². The molecule has 2 aromatic carbocycles. The first kappa shape index (κ1) is 31.0. The zero-order valence-electron chi connectivity index (χ0n) is 28.2. The zero-order chi connectivity index (χ0) is 32.6. The molecule has 1 atom stereocenters. The second-order valence-electron chi connectivity index (χ2n) is 13.9. The molecule has 2 aliphatic heterocycles. The van der Waals surface area contributed by atoms with Crippen molar-refractivity contribution in [1.29, 1.82) is 0 Å². The number of hydrogen-bond donors (Lipinski definition) is 0. The Morgan fingerprint density at radius 3 is 1.90 bits per heavy atom. The number of fused-ring (bicyclic) bond motifs is 6. The van der Waals surface area contributed by atoms with Crippen LogP contribution < -0.4 is 0 Å². The van der Waals surface area contributed by atoms with Crippen molar-refractivity contribution >= 4 is 21.8 Å². The Morgan fingerprint density at radius 1 is 0.688 bits per heavy atom. The molecular weight excluding hydrogens is 595 g/mol. The van der Waals surface area contributed by atoms with Crippen molar-refractivity contribution in [3.63, 3.8) is 0 Å². The van der Waals surface area contributed by atoms with E-state index in [2.05, 4.69) is 85.3 Å². The number of rotatable bonds is 8. The molecule has 6 aromatic rings. The fourth-order valence-electron chi connectivity index (χ4n) is 8.36. The fraction of sp³-hybridized carbons (Fsp3) is 0.366. The molecule has 0 saturated heterocycles. The molecule has 6 nitrogen and oxygen atoms in total. The van der Waals surface area contributed by atoms with E-state index in [1.165, 1.54) is 56.5 Å². The van der Waals surface area contributed by atoms with Gasteiger partial charge in [-0.3, -0.25) is 14.9 Å². The Labute approximate surface area is 282 Å². The third-order valence-corrected chi connectivity index (χ3v) is 10.9. The summed E-state index contributed by atoms with van der Waals surface area (Å²) in [5.41, 5.74) is 12.1. The molecule has 1 unspecified atom stereocenters. The lowest BCUT2D eigenvalue weighted by Crippen LogP contribution is -2.26. The minimum absolute atomic E-state index is 0.162. The fourth-order valence-corrected chi connectivity index (χ4v) is 8.36. The maximum absolute atomic E-state index is 14.7. The Bertz CT molecular complexity index is 2050. The maximum atomic E-state index is 14.7. The van der Waals surface area contributed by atoms with Crippen LogP contribution in [0.25, 0.3) is 21.8 Å². The minimum atomic E-state index is -0.162. The maximum Gasteiger partial charge on any atom is 0.123 e. The summed E-state index contributed by atoms with van der Waals surface area (Å²) < 4.78 is 19.8. The summed E-state index contributed by atoms with van der Waals surface area (Å²) in [5.74, 6) is -0.162. The van der Waals surface area contributed by atoms with E-state index in [0.29, 0.717) is 0 Å². The van der Waals surface area contributed by atoms with E-state index in [0.717, 1.165) is 82.3 Å². The van der Waals surface area contributed by atoms with Gasteiger partial charge in [0.25, 0.3) is 0 Å². The van der Waals surface area contributed by atoms with Crippen LogP contribution in [0.3, 0.4) is 0 Å². The van der Waals surface area contributed by atoms with Gasteiger partial charge >= 0.3 is 0 Å². The van der Waals surface area contributed by atoms with Crippen LogP contribution in [-0.2, 0) is 51.9 Å². The monoisotopic (exact) mass is 640 g/mol. The van der Waals surface area contributed by atoms with E-state index in [9.17, 15) is 4.39 Å². The van der Waals surface area contributed by atoms with Gasteiger partial charge in [-0.2, -0.15) is 0 Å². The molecule has 48 heavy (non-hydrogen) atoms. The largest absolute Gasteiger partial charge is 0.344 e. The first-order chi connectivity index (χ1) is 23.5. The van der Waals surface area contributed by atoms with Crippen molar-refractivity contribution in [2.45, 2.75) is 77.7 Å². The number of pyridine rings is 2. The lowest BCUT2D eigenvalue weighted by molar-refractivity contribution is 0.205. The lowest BCUT2D eigenvalue weighted by Gasteiger charge is -2.28. The molecule has 8 rings (SSSR count). The second kappa shape index (κ2) is 13.3. The van der Waals surface area contributed by atoms with Crippen LogP contribution >= 0.6 is 0 Å². The zero-order valence-corrected chi connectivity index (χ0v) is 28.2. The first-order valence-electron chi connectivity index (χ1n) is 17.7. The highest BCUT2D eigenvalue weighted by Gasteiger charge is 2.27. The highest BCUT2D eigenvalue weighted by Crippen LogP contribution is 2.37. The van der Waals surface area contributed by atoms with E-state index >= 15 is 0 Å². The van der Waals surface area contributed by atoms with Crippen molar-refractivity contribution in [3.05, 3.63) is 130 Å². The van der Waals surface area contributed by atoms with Crippen molar-refractivity contribution in [1.82, 2.24) is 28.9 Å². The summed E-state index contributed by atoms with van der Waals surface area (Å²) in [6, 6.07) is 21.3. The molecule has 0 saturated carbocycles. The number of halogens is 1. The predicted molar refractivity (Wildman–Crippen MR) is 192 cm³/mol. The lowest BCUT2D eigenvalue weighted by atomic mass is 10.0. The molecule has 0 bridgehead atoms. The number of benzene rings is 2. The highest BCUT2D eigenvalue weighted by atomic mass is 19.1. The van der Waals surface area contributed by atoms with Crippen molar-refractivity contribution in [2.24, 2.45) is 0 Å². The average molecular weight is 641 g/mol. The summed E-state index contributed by atoms with van der Waals surface area (Å²) in [6.07, 6.45) is 13.8. The quantitative estimate of drug-likeness (QED) is 0.170. The van der Waals surface area contributed by atoms with E-state index in [1.807, 2.05) is 30.9 Å². The number of nitrogens with zero attached hydrogens (tertiary/aromatic N) is 6. The van der Waals surface area contributed by atoms with Crippen LogP contribution in [-0.4, -0.2) is 49.0 Å². The van der Waals surface area contributed by atoms with Gasteiger partial charge in [0.1, 0.15) is 5.82 Å². The van der Waals surface area contributed by atoms with Gasteiger partial charge in [0.15, 0.2) is 0 Å². The Kier molecular flexibility index (Phi) is 8.57. The Balaban J connectivity index is 1.12. The van der Waals surface area contributed by atoms with Crippen molar-refractivity contribution in [3.8, 4) is 0 Å². The van der Waals surface area contributed by atoms with Gasteiger partial charge in [0.2, 0.25) is 0 Å². The van der Waals surface area contributed by atoms with Crippen LogP contribution in [0.5, 0.6) is 0 Å². The van der Waals surface area contributed by atoms with Gasteiger partial charge in [-0.25, -0.2) is 4.39 Å². The summed E-state index contributed by atoms with van der Waals surface area (Å²) >= 11 is 0. The molecule has 0 fully saturated rings. The second-order valence-corrected chi connectivity index (χ2v) is 13.9. The normalized spacial score (nSPS) is 16.5. The van der Waals surface area contributed by atoms with Gasteiger partial charge in [0, 0.05) is 90.2 Å². The molecular formula is C41H45FN6. The summed E-state index contributed by atoms with van der Waals surface area (Å²) in [6.45, 7) is 8.18. The highest BCUT2D eigenvalue weighted by molar-refractivity contribution is 5.87. The molecule has 0 aliphatic carbocycles. The third-order valence-electron chi connectivity index (χ3n) is 10.9. The molecule has 0 spiro atoms. The third kappa shape index (κ3) is 5.95. The van der Waals surface area contributed by atoms with Crippen LogP contribution in [0, 0.1) is 5.82 Å². The van der Waals surface area contributed by atoms with Crippen LogP contribution in [0.15, 0.2) is 85.5 Å². The standard InChI is InChI=1S/C41H45FN6/c1-29(32-7-9-40-34(25-32)36-27-45(2)21-3-5-38(36)47(40)23-15-30-11-17-43-18-12-30)46-22-4-6-39-37(28-46)35-26-33(42)8-10-41(35)48(39)24-16-31-13-19-44-20-14-31/h7-14,17-20,25-26,29H,3-6,15-16,21-24,27-28H2,1-2H3. The predicted octanol–water partition coefficient (Wildman–Crippen LogP) is 7.90. The van der Waals surface area contributed by atoms with Crippen molar-refractivity contribution < 1.29 is 4.39 Å². The SMILES string of the molecule is CC(c1ccc2c(c1)c1c(n2CCc2ccncc2)CCCN(C)C1)N1CCCc2c(c3cc(F)ccc3n2CCc2ccncc2)C1. The molecule has 2 aliphatic rings. The Hall–Kier alpha value is -4.33. The topological polar surface area (TPSA) is 42.1 Å². The van der Waals surface area contributed by atoms with E-state index in [-0.39, 0.29) is 11.9 Å². The molecule has 0 radical (unpaired) electrons. The van der Waals surface area contributed by atoms with E-state index < -0.39 is 0 Å².